The normalized spacial score (nSPS) is 16.8. The van der Waals surface area contributed by atoms with Gasteiger partial charge in [-0.15, -0.1) is 0 Å². The zero-order chi connectivity index (χ0) is 44.9. The van der Waals surface area contributed by atoms with Gasteiger partial charge in [0.15, 0.2) is 69.8 Å². The minimum absolute atomic E-state index is 0.122. The van der Waals surface area contributed by atoms with Gasteiger partial charge in [0.25, 0.3) is 0 Å². The van der Waals surface area contributed by atoms with Crippen LogP contribution in [0.5, 0.6) is 0 Å². The van der Waals surface area contributed by atoms with Gasteiger partial charge in [-0.25, -0.2) is 75.8 Å². The Morgan fingerprint density at radius 2 is 0.873 bits per heavy atom. The third-order valence-corrected chi connectivity index (χ3v) is 10.5. The van der Waals surface area contributed by atoms with Crippen LogP contribution in [0.2, 0.25) is 0 Å². The lowest BCUT2D eigenvalue weighted by atomic mass is 9.93. The molecule has 5 heterocycles. The zero-order valence-corrected chi connectivity index (χ0v) is 30.8. The molecule has 8 bridgehead atoms. The molecule has 0 aliphatic carbocycles. The summed E-state index contributed by atoms with van der Waals surface area (Å²) in [6.45, 7) is -0.512. The van der Waals surface area contributed by atoms with E-state index < -0.39 is 162 Å². The van der Waals surface area contributed by atoms with Crippen molar-refractivity contribution in [3.8, 4) is 0 Å². The Bertz CT molecular complexity index is 3060. The van der Waals surface area contributed by atoms with Gasteiger partial charge in [0.1, 0.15) is 0 Å². The molecule has 0 saturated carbocycles. The molecule has 0 spiro atoms. The van der Waals surface area contributed by atoms with Crippen LogP contribution in [0.1, 0.15) is 33.6 Å². The number of hydrogen-bond acceptors (Lipinski definition) is 3. The number of rotatable bonds is 5. The van der Waals surface area contributed by atoms with Crippen molar-refractivity contribution in [3.63, 3.8) is 0 Å². The average Bonchev–Trinajstić information content (AvgIpc) is 4.13. The predicted molar refractivity (Wildman–Crippen MR) is 197 cm³/mol. The van der Waals surface area contributed by atoms with E-state index in [1.807, 2.05) is 0 Å². The molecule has 318 valence electrons. The average molecular weight is 887 g/mol. The molecule has 9 rings (SSSR count). The van der Waals surface area contributed by atoms with E-state index >= 15 is 43.9 Å². The van der Waals surface area contributed by atoms with Crippen molar-refractivity contribution in [2.24, 2.45) is 9.98 Å². The van der Waals surface area contributed by atoms with Crippen LogP contribution in [0.25, 0.3) is 16.7 Å². The van der Waals surface area contributed by atoms with E-state index in [2.05, 4.69) is 15.0 Å². The first-order valence-electron chi connectivity index (χ1n) is 18.0. The molecule has 4 nitrogen and oxygen atoms in total. The van der Waals surface area contributed by atoms with Gasteiger partial charge in [0, 0.05) is 34.7 Å². The molecule has 1 atom stereocenters. The third kappa shape index (κ3) is 6.18. The summed E-state index contributed by atoms with van der Waals surface area (Å²) >= 11 is 0. The summed E-state index contributed by atoms with van der Waals surface area (Å²) in [5.41, 5.74) is -10.5. The molecule has 0 radical (unpaired) electrons. The SMILES string of the molecule is Fc1c(F)c(F)c(C2=C3C=CC(=N3)c3ccc([nH]3)C(c3c(F)c(F)c(F)c(F)c3F)=C3C=CC(C(c4c(F)c(F)c(F)c(F)c4F)=C4C=CC2=N4)N3Cc2ccccc2)c(F)c1F. The lowest BCUT2D eigenvalue weighted by Gasteiger charge is -2.32. The van der Waals surface area contributed by atoms with Gasteiger partial charge >= 0.3 is 0 Å². The van der Waals surface area contributed by atoms with Crippen molar-refractivity contribution in [2.45, 2.75) is 12.6 Å². The van der Waals surface area contributed by atoms with Crippen LogP contribution < -0.4 is 0 Å². The quantitative estimate of drug-likeness (QED) is 0.107. The van der Waals surface area contributed by atoms with Crippen LogP contribution in [0, 0.1) is 87.3 Å². The topological polar surface area (TPSA) is 43.8 Å². The highest BCUT2D eigenvalue weighted by Gasteiger charge is 2.41. The van der Waals surface area contributed by atoms with Crippen molar-refractivity contribution in [1.29, 1.82) is 0 Å². The molecule has 0 fully saturated rings. The minimum Gasteiger partial charge on any atom is -0.356 e. The van der Waals surface area contributed by atoms with Crippen molar-refractivity contribution in [2.75, 3.05) is 0 Å². The molecule has 1 N–H and O–H groups in total. The maximum absolute atomic E-state index is 16.1. The molecule has 63 heavy (non-hydrogen) atoms. The Balaban J connectivity index is 1.46. The number of aromatic amines is 1. The second-order valence-corrected chi connectivity index (χ2v) is 14.0. The molecular formula is C44H17F15N4. The van der Waals surface area contributed by atoms with E-state index in [1.165, 1.54) is 30.3 Å². The lowest BCUT2D eigenvalue weighted by molar-refractivity contribution is 0.347. The highest BCUT2D eigenvalue weighted by Crippen LogP contribution is 2.46. The number of fused-ring (bicyclic) bond motifs is 7. The van der Waals surface area contributed by atoms with Crippen LogP contribution in [-0.2, 0) is 6.54 Å². The molecule has 1 unspecified atom stereocenters. The smallest absolute Gasteiger partial charge is 0.200 e. The van der Waals surface area contributed by atoms with Crippen molar-refractivity contribution < 1.29 is 65.9 Å². The molecule has 0 amide bonds. The summed E-state index contributed by atoms with van der Waals surface area (Å²) in [5, 5.41) is 0. The minimum atomic E-state index is -2.59. The van der Waals surface area contributed by atoms with Crippen molar-refractivity contribution >= 4 is 28.1 Å². The Morgan fingerprint density at radius 1 is 0.429 bits per heavy atom. The number of aliphatic imine (C=N–C) groups is 2. The summed E-state index contributed by atoms with van der Waals surface area (Å²) < 4.78 is 229. The number of aromatic nitrogens is 1. The number of halogens is 15. The third-order valence-electron chi connectivity index (χ3n) is 10.5. The van der Waals surface area contributed by atoms with Gasteiger partial charge in [-0.1, -0.05) is 36.4 Å². The Morgan fingerprint density at radius 3 is 1.43 bits per heavy atom. The van der Waals surface area contributed by atoms with Crippen LogP contribution in [-0.4, -0.2) is 27.3 Å². The number of hydrogen-bond donors (Lipinski definition) is 1. The van der Waals surface area contributed by atoms with Gasteiger partial charge in [-0.05, 0) is 48.1 Å². The fourth-order valence-electron chi connectivity index (χ4n) is 7.67. The summed E-state index contributed by atoms with van der Waals surface area (Å²) in [6, 6.07) is 7.91. The largest absolute Gasteiger partial charge is 0.356 e. The van der Waals surface area contributed by atoms with Crippen LogP contribution in [0.4, 0.5) is 65.9 Å². The van der Waals surface area contributed by atoms with Crippen molar-refractivity contribution in [3.05, 3.63) is 217 Å². The molecule has 0 saturated heterocycles. The Hall–Kier alpha value is -7.31. The molecule has 4 aromatic carbocycles. The number of nitrogens with one attached hydrogen (secondary N) is 1. The molecule has 4 aliphatic rings. The van der Waals surface area contributed by atoms with E-state index in [0.29, 0.717) is 0 Å². The number of nitrogens with zero attached hydrogens (tertiary/aromatic N) is 3. The summed E-state index contributed by atoms with van der Waals surface area (Å²) in [6.07, 6.45) is 5.88. The summed E-state index contributed by atoms with van der Waals surface area (Å²) in [7, 11) is 0. The maximum Gasteiger partial charge on any atom is 0.200 e. The maximum atomic E-state index is 16.1. The first-order valence-corrected chi connectivity index (χ1v) is 18.0. The highest BCUT2D eigenvalue weighted by atomic mass is 19.2. The fourth-order valence-corrected chi connectivity index (χ4v) is 7.67. The van der Waals surface area contributed by atoms with E-state index in [9.17, 15) is 22.0 Å². The van der Waals surface area contributed by atoms with Gasteiger partial charge in [0.2, 0.25) is 17.5 Å². The first-order chi connectivity index (χ1) is 30.0. The van der Waals surface area contributed by atoms with Crippen molar-refractivity contribution in [1.82, 2.24) is 9.88 Å². The number of allylic oxidation sites excluding steroid dienone is 6. The van der Waals surface area contributed by atoms with E-state index in [1.54, 1.807) is 6.07 Å². The number of benzene rings is 4. The van der Waals surface area contributed by atoms with Gasteiger partial charge in [-0.2, -0.15) is 0 Å². The monoisotopic (exact) mass is 886 g/mol. The summed E-state index contributed by atoms with van der Waals surface area (Å²) in [4.78, 5) is 12.2. The van der Waals surface area contributed by atoms with E-state index in [4.69, 9.17) is 0 Å². The highest BCUT2D eigenvalue weighted by molar-refractivity contribution is 6.32. The zero-order valence-electron chi connectivity index (χ0n) is 30.8. The first kappa shape index (κ1) is 41.1. The summed E-state index contributed by atoms with van der Waals surface area (Å²) in [5.74, 6) is -36.5. The van der Waals surface area contributed by atoms with Crippen LogP contribution in [0.3, 0.4) is 0 Å². The van der Waals surface area contributed by atoms with E-state index in [-0.39, 0.29) is 17.0 Å². The van der Waals surface area contributed by atoms with Crippen LogP contribution >= 0.6 is 0 Å². The second kappa shape index (κ2) is 14.9. The second-order valence-electron chi connectivity index (χ2n) is 14.0. The Labute approximate surface area is 343 Å². The molecule has 5 aromatic rings. The number of H-pyrrole nitrogens is 1. The van der Waals surface area contributed by atoms with Gasteiger partial charge < -0.3 is 9.88 Å². The molecule has 4 aliphatic heterocycles. The van der Waals surface area contributed by atoms with Gasteiger partial charge in [0.05, 0.1) is 51.2 Å². The van der Waals surface area contributed by atoms with Gasteiger partial charge in [-0.3, -0.25) is 0 Å². The van der Waals surface area contributed by atoms with Crippen LogP contribution in [0.15, 0.2) is 106 Å². The Kier molecular flexibility index (Phi) is 9.74. The molecule has 1 aromatic heterocycles. The fraction of sp³-hybridized carbons (Fsp3) is 0.0455. The lowest BCUT2D eigenvalue weighted by Crippen LogP contribution is -2.32. The standard InChI is InChI=1S/C44H17F15N4/c45-30-27(31(46)37(52)42(57)36(30)51)24-18-8-6-16(60-18)17-7-9-20(61-17)25(28-32(47)38(53)43(58)39(54)33(28)48)22-12-13-23(63(22)14-15-4-2-1-3-5-15)26(21-11-10-19(24)62-21)29-34(49)40(55)44(59)41(56)35(29)50/h1-13,23,61H,14H2. The predicted octanol–water partition coefficient (Wildman–Crippen LogP) is 11.5. The molecule has 19 heteroatoms. The van der Waals surface area contributed by atoms with E-state index in [0.717, 1.165) is 47.4 Å². The molecular weight excluding hydrogens is 869 g/mol.